The minimum absolute atomic E-state index is 0.00327. The van der Waals surface area contributed by atoms with Gasteiger partial charge in [0.1, 0.15) is 18.2 Å². The molecule has 3 N–H and O–H groups in total. The molecule has 3 aromatic rings. The smallest absolute Gasteiger partial charge is 0.254 e. The van der Waals surface area contributed by atoms with Gasteiger partial charge < -0.3 is 25.4 Å². The first-order chi connectivity index (χ1) is 18.2. The average molecular weight is 535 g/mol. The summed E-state index contributed by atoms with van der Waals surface area (Å²) in [5.74, 6) is 0.700. The molecule has 38 heavy (non-hydrogen) atoms. The molecule has 0 unspecified atom stereocenters. The minimum Gasteiger partial charge on any atom is -0.490 e. The number of morpholine rings is 1. The summed E-state index contributed by atoms with van der Waals surface area (Å²) in [5, 5.41) is 3.22. The second kappa shape index (κ2) is 12.1. The van der Waals surface area contributed by atoms with Gasteiger partial charge in [0.25, 0.3) is 5.91 Å². The number of nitrogens with zero attached hydrogens (tertiary/aromatic N) is 2. The monoisotopic (exact) mass is 534 g/mol. The van der Waals surface area contributed by atoms with Crippen molar-refractivity contribution in [2.45, 2.75) is 19.4 Å². The van der Waals surface area contributed by atoms with Gasteiger partial charge in [-0.25, -0.2) is 4.98 Å². The highest BCUT2D eigenvalue weighted by Gasteiger charge is 2.34. The number of hydrogen-bond acceptors (Lipinski definition) is 6. The highest BCUT2D eigenvalue weighted by atomic mass is 35.5. The summed E-state index contributed by atoms with van der Waals surface area (Å²) >= 11 is 6.45. The van der Waals surface area contributed by atoms with Crippen molar-refractivity contribution in [3.63, 3.8) is 0 Å². The number of hydrogen-bond donors (Lipinski definition) is 2. The minimum atomic E-state index is -0.341. The van der Waals surface area contributed by atoms with Gasteiger partial charge >= 0.3 is 0 Å². The van der Waals surface area contributed by atoms with Crippen LogP contribution in [0.25, 0.3) is 17.2 Å². The van der Waals surface area contributed by atoms with Crippen LogP contribution in [-0.4, -0.2) is 60.1 Å². The Labute approximate surface area is 227 Å². The lowest BCUT2D eigenvalue weighted by Gasteiger charge is -2.42. The second-order valence-corrected chi connectivity index (χ2v) is 9.94. The molecule has 9 heteroatoms. The molecule has 0 radical (unpaired) electrons. The largest absolute Gasteiger partial charge is 0.490 e. The molecule has 0 bridgehead atoms. The molecule has 1 saturated heterocycles. The summed E-state index contributed by atoms with van der Waals surface area (Å²) in [7, 11) is 0. The maximum absolute atomic E-state index is 13.0. The van der Waals surface area contributed by atoms with Crippen molar-refractivity contribution in [2.24, 2.45) is 0 Å². The summed E-state index contributed by atoms with van der Waals surface area (Å²) in [6, 6.07) is 16.5. The van der Waals surface area contributed by atoms with Crippen LogP contribution in [0.2, 0.25) is 5.02 Å². The zero-order chi connectivity index (χ0) is 27.1. The van der Waals surface area contributed by atoms with Gasteiger partial charge in [0.2, 0.25) is 5.91 Å². The SMILES string of the molecule is CC1(C)COCCN1C(=O)c1ccc(-c2ccc(OCCNC(=O)C=Cc3ccc(N)nc3)c(Cl)c2)cc1. The molecule has 2 heterocycles. The molecule has 1 aliphatic rings. The van der Waals surface area contributed by atoms with Gasteiger partial charge in [0.05, 0.1) is 30.3 Å². The Morgan fingerprint density at radius 2 is 1.92 bits per heavy atom. The van der Waals surface area contributed by atoms with E-state index in [9.17, 15) is 9.59 Å². The van der Waals surface area contributed by atoms with Gasteiger partial charge in [0, 0.05) is 24.4 Å². The number of carbonyl (C=O) groups excluding carboxylic acids is 2. The van der Waals surface area contributed by atoms with E-state index in [2.05, 4.69) is 10.3 Å². The van der Waals surface area contributed by atoms with Crippen molar-refractivity contribution in [1.29, 1.82) is 0 Å². The van der Waals surface area contributed by atoms with E-state index in [0.29, 0.717) is 48.5 Å². The Morgan fingerprint density at radius 1 is 1.16 bits per heavy atom. The number of rotatable bonds is 8. The fraction of sp³-hybridized carbons (Fsp3) is 0.276. The molecule has 2 amide bonds. The van der Waals surface area contributed by atoms with Crippen molar-refractivity contribution in [3.05, 3.63) is 83.0 Å². The summed E-state index contributed by atoms with van der Waals surface area (Å²) in [5.41, 5.74) is 8.47. The van der Waals surface area contributed by atoms with Gasteiger partial charge in [-0.2, -0.15) is 0 Å². The van der Waals surface area contributed by atoms with E-state index in [1.807, 2.05) is 55.1 Å². The number of ether oxygens (including phenoxy) is 2. The number of amides is 2. The van der Waals surface area contributed by atoms with Crippen molar-refractivity contribution in [3.8, 4) is 16.9 Å². The summed E-state index contributed by atoms with van der Waals surface area (Å²) in [6.07, 6.45) is 4.67. The average Bonchev–Trinajstić information content (AvgIpc) is 2.91. The molecular weight excluding hydrogens is 504 g/mol. The van der Waals surface area contributed by atoms with Crippen molar-refractivity contribution in [1.82, 2.24) is 15.2 Å². The maximum Gasteiger partial charge on any atom is 0.254 e. The number of halogens is 1. The first kappa shape index (κ1) is 27.2. The molecule has 4 rings (SSSR count). The third-order valence-electron chi connectivity index (χ3n) is 6.18. The normalized spacial score (nSPS) is 14.9. The number of pyridine rings is 1. The summed E-state index contributed by atoms with van der Waals surface area (Å²) < 4.78 is 11.3. The summed E-state index contributed by atoms with van der Waals surface area (Å²) in [4.78, 5) is 30.9. The molecule has 1 fully saturated rings. The van der Waals surface area contributed by atoms with Crippen LogP contribution in [0, 0.1) is 0 Å². The van der Waals surface area contributed by atoms with Crippen LogP contribution in [0.15, 0.2) is 66.9 Å². The van der Waals surface area contributed by atoms with Crippen LogP contribution in [-0.2, 0) is 9.53 Å². The lowest BCUT2D eigenvalue weighted by atomic mass is 9.99. The standard InChI is InChI=1S/C29H31ClN4O4/c1-29(2)19-37-16-14-34(29)28(36)22-7-5-21(6-8-22)23-9-10-25(24(30)17-23)38-15-13-32-27(35)12-4-20-3-11-26(31)33-18-20/h3-12,17-18H,13-16,19H2,1-2H3,(H2,31,33)(H,32,35). The van der Waals surface area contributed by atoms with Gasteiger partial charge in [-0.05, 0) is 73.0 Å². The molecular formula is C29H31ClN4O4. The van der Waals surface area contributed by atoms with E-state index in [1.165, 1.54) is 6.08 Å². The number of nitrogens with two attached hydrogens (primary N) is 1. The predicted octanol–water partition coefficient (Wildman–Crippen LogP) is 4.44. The molecule has 0 aliphatic carbocycles. The van der Waals surface area contributed by atoms with Crippen LogP contribution in [0.4, 0.5) is 5.82 Å². The molecule has 198 valence electrons. The highest BCUT2D eigenvalue weighted by molar-refractivity contribution is 6.32. The van der Waals surface area contributed by atoms with Crippen molar-refractivity contribution < 1.29 is 19.1 Å². The first-order valence-corrected chi connectivity index (χ1v) is 12.7. The van der Waals surface area contributed by atoms with Gasteiger partial charge in [-0.1, -0.05) is 29.8 Å². The Hall–Kier alpha value is -3.88. The van der Waals surface area contributed by atoms with Crippen LogP contribution in [0.5, 0.6) is 5.75 Å². The van der Waals surface area contributed by atoms with E-state index >= 15 is 0 Å². The van der Waals surface area contributed by atoms with Gasteiger partial charge in [-0.3, -0.25) is 9.59 Å². The van der Waals surface area contributed by atoms with E-state index < -0.39 is 0 Å². The summed E-state index contributed by atoms with van der Waals surface area (Å²) in [6.45, 7) is 6.24. The zero-order valence-corrected chi connectivity index (χ0v) is 22.2. The Balaban J connectivity index is 1.28. The Kier molecular flexibility index (Phi) is 8.66. The first-order valence-electron chi connectivity index (χ1n) is 12.3. The number of anilines is 1. The van der Waals surface area contributed by atoms with E-state index in [-0.39, 0.29) is 24.0 Å². The second-order valence-electron chi connectivity index (χ2n) is 9.53. The Morgan fingerprint density at radius 3 is 2.61 bits per heavy atom. The van der Waals surface area contributed by atoms with Gasteiger partial charge in [-0.15, -0.1) is 0 Å². The third-order valence-corrected chi connectivity index (χ3v) is 6.48. The van der Waals surface area contributed by atoms with Gasteiger partial charge in [0.15, 0.2) is 0 Å². The van der Waals surface area contributed by atoms with Crippen LogP contribution in [0.1, 0.15) is 29.8 Å². The van der Waals surface area contributed by atoms with Crippen LogP contribution >= 0.6 is 11.6 Å². The fourth-order valence-electron chi connectivity index (χ4n) is 4.07. The molecule has 0 saturated carbocycles. The van der Waals surface area contributed by atoms with Crippen molar-refractivity contribution in [2.75, 3.05) is 38.6 Å². The topological polar surface area (TPSA) is 107 Å². The Bertz CT molecular complexity index is 1310. The molecule has 1 aliphatic heterocycles. The quantitative estimate of drug-likeness (QED) is 0.327. The number of aromatic nitrogens is 1. The fourth-order valence-corrected chi connectivity index (χ4v) is 4.31. The van der Waals surface area contributed by atoms with E-state index in [1.54, 1.807) is 30.5 Å². The third kappa shape index (κ3) is 6.90. The number of benzene rings is 2. The maximum atomic E-state index is 13.0. The number of nitrogen functional groups attached to an aromatic ring is 1. The molecule has 2 aromatic carbocycles. The lowest BCUT2D eigenvalue weighted by molar-refractivity contribution is -0.116. The predicted molar refractivity (Wildman–Crippen MR) is 149 cm³/mol. The van der Waals surface area contributed by atoms with E-state index in [4.69, 9.17) is 26.8 Å². The molecule has 1 aromatic heterocycles. The zero-order valence-electron chi connectivity index (χ0n) is 21.4. The molecule has 0 atom stereocenters. The molecule has 0 spiro atoms. The van der Waals surface area contributed by atoms with Crippen LogP contribution < -0.4 is 15.8 Å². The highest BCUT2D eigenvalue weighted by Crippen LogP contribution is 2.31. The molecule has 8 nitrogen and oxygen atoms in total. The van der Waals surface area contributed by atoms with Crippen molar-refractivity contribution >= 4 is 35.3 Å². The van der Waals surface area contributed by atoms with Crippen LogP contribution in [0.3, 0.4) is 0 Å². The number of nitrogens with one attached hydrogen (secondary N) is 1. The van der Waals surface area contributed by atoms with E-state index in [0.717, 1.165) is 16.7 Å². The lowest BCUT2D eigenvalue weighted by Crippen LogP contribution is -2.55. The number of carbonyl (C=O) groups is 2.